The van der Waals surface area contributed by atoms with Gasteiger partial charge in [0.2, 0.25) is 0 Å². The van der Waals surface area contributed by atoms with E-state index in [1.165, 1.54) is 23.9 Å². The Kier molecular flexibility index (Phi) is 4.45. The van der Waals surface area contributed by atoms with Crippen LogP contribution in [0.5, 0.6) is 0 Å². The highest BCUT2D eigenvalue weighted by molar-refractivity contribution is 7.18. The van der Waals surface area contributed by atoms with Gasteiger partial charge in [-0.05, 0) is 12.5 Å². The van der Waals surface area contributed by atoms with Crippen LogP contribution in [0.2, 0.25) is 0 Å². The predicted octanol–water partition coefficient (Wildman–Crippen LogP) is 2.48. The molecular weight excluding hydrogens is 284 g/mol. The minimum Gasteiger partial charge on any atom is -0.396 e. The van der Waals surface area contributed by atoms with E-state index in [1.807, 2.05) is 31.2 Å². The average molecular weight is 300 g/mol. The first kappa shape index (κ1) is 14.9. The van der Waals surface area contributed by atoms with E-state index in [-0.39, 0.29) is 11.6 Å². The van der Waals surface area contributed by atoms with Gasteiger partial charge in [-0.1, -0.05) is 29.8 Å². The number of hydrogen-bond donors (Lipinski definition) is 3. The summed E-state index contributed by atoms with van der Waals surface area (Å²) in [5, 5.41) is 15.5. The number of nitrogens with one attached hydrogen (secondary N) is 2. The highest BCUT2D eigenvalue weighted by Gasteiger charge is 2.20. The predicted molar refractivity (Wildman–Crippen MR) is 85.3 cm³/mol. The van der Waals surface area contributed by atoms with Gasteiger partial charge in [0.05, 0.1) is 5.69 Å². The van der Waals surface area contributed by atoms with Crippen molar-refractivity contribution in [2.45, 2.75) is 13.5 Å². The second kappa shape index (κ2) is 6.29. The Labute approximate surface area is 127 Å². The summed E-state index contributed by atoms with van der Waals surface area (Å²) in [7, 11) is 1.53. The zero-order chi connectivity index (χ0) is 15.4. The van der Waals surface area contributed by atoms with Crippen LogP contribution in [0.15, 0.2) is 24.3 Å². The summed E-state index contributed by atoms with van der Waals surface area (Å²) in [6.45, 7) is 2.60. The molecule has 1 heterocycles. The van der Waals surface area contributed by atoms with Crippen LogP contribution >= 0.6 is 11.3 Å². The van der Waals surface area contributed by atoms with E-state index < -0.39 is 0 Å². The number of rotatable bonds is 4. The molecule has 1 aromatic heterocycles. The zero-order valence-corrected chi connectivity index (χ0v) is 12.7. The molecule has 2 rings (SSSR count). The molecule has 0 aliphatic rings. The molecule has 2 aromatic rings. The summed E-state index contributed by atoms with van der Waals surface area (Å²) in [5.41, 5.74) is 8.71. The summed E-state index contributed by atoms with van der Waals surface area (Å²) >= 11 is 1.20. The monoisotopic (exact) mass is 300 g/mol. The van der Waals surface area contributed by atoms with Crippen LogP contribution in [0.4, 0.5) is 10.7 Å². The third kappa shape index (κ3) is 3.15. The Morgan fingerprint density at radius 3 is 2.62 bits per heavy atom. The fourth-order valence-electron chi connectivity index (χ4n) is 1.85. The van der Waals surface area contributed by atoms with Crippen LogP contribution in [0.3, 0.4) is 0 Å². The van der Waals surface area contributed by atoms with Crippen molar-refractivity contribution in [2.75, 3.05) is 18.1 Å². The van der Waals surface area contributed by atoms with Crippen LogP contribution in [-0.4, -0.2) is 13.0 Å². The number of nitrogen functional groups attached to an aromatic ring is 1. The van der Waals surface area contributed by atoms with Gasteiger partial charge in [0, 0.05) is 13.6 Å². The molecule has 0 spiro atoms. The van der Waals surface area contributed by atoms with E-state index in [1.54, 1.807) is 0 Å². The van der Waals surface area contributed by atoms with Gasteiger partial charge >= 0.3 is 0 Å². The topological polar surface area (TPSA) is 90.9 Å². The van der Waals surface area contributed by atoms with Gasteiger partial charge in [0.25, 0.3) is 5.91 Å². The first-order valence-corrected chi connectivity index (χ1v) is 7.22. The van der Waals surface area contributed by atoms with Crippen molar-refractivity contribution in [3.63, 3.8) is 0 Å². The quantitative estimate of drug-likeness (QED) is 0.809. The summed E-state index contributed by atoms with van der Waals surface area (Å²) in [4.78, 5) is 12.1. The van der Waals surface area contributed by atoms with Crippen molar-refractivity contribution in [1.29, 1.82) is 5.26 Å². The van der Waals surface area contributed by atoms with Gasteiger partial charge < -0.3 is 16.4 Å². The Morgan fingerprint density at radius 2 is 2.05 bits per heavy atom. The van der Waals surface area contributed by atoms with Gasteiger partial charge in [0.15, 0.2) is 0 Å². The number of aryl methyl sites for hydroxylation is 1. The third-order valence-corrected chi connectivity index (χ3v) is 4.23. The lowest BCUT2D eigenvalue weighted by atomic mass is 10.1. The van der Waals surface area contributed by atoms with E-state index in [4.69, 9.17) is 5.73 Å². The number of carbonyl (C=O) groups is 1. The maximum Gasteiger partial charge on any atom is 0.263 e. The molecule has 5 nitrogen and oxygen atoms in total. The number of benzene rings is 1. The van der Waals surface area contributed by atoms with E-state index >= 15 is 0 Å². The van der Waals surface area contributed by atoms with Crippen molar-refractivity contribution in [3.05, 3.63) is 45.8 Å². The molecule has 108 valence electrons. The first-order chi connectivity index (χ1) is 10.1. The fourth-order valence-corrected chi connectivity index (χ4v) is 2.86. The molecule has 21 heavy (non-hydrogen) atoms. The fraction of sp³-hybridized carbons (Fsp3) is 0.200. The van der Waals surface area contributed by atoms with E-state index in [0.717, 1.165) is 5.56 Å². The van der Waals surface area contributed by atoms with E-state index in [2.05, 4.69) is 16.7 Å². The van der Waals surface area contributed by atoms with Crippen LogP contribution in [0.25, 0.3) is 0 Å². The largest absolute Gasteiger partial charge is 0.396 e. The van der Waals surface area contributed by atoms with Crippen LogP contribution in [0.1, 0.15) is 26.4 Å². The lowest BCUT2D eigenvalue weighted by molar-refractivity contribution is 0.0968. The number of nitrogens with two attached hydrogens (primary N) is 1. The van der Waals surface area contributed by atoms with E-state index in [9.17, 15) is 10.1 Å². The van der Waals surface area contributed by atoms with E-state index in [0.29, 0.717) is 22.0 Å². The minimum atomic E-state index is -0.280. The summed E-state index contributed by atoms with van der Waals surface area (Å²) in [5.74, 6) is -0.280. The van der Waals surface area contributed by atoms with Gasteiger partial charge in [-0.15, -0.1) is 11.3 Å². The molecule has 0 bridgehead atoms. The average Bonchev–Trinajstić information content (AvgIpc) is 2.82. The number of hydrogen-bond acceptors (Lipinski definition) is 5. The number of nitrogens with zero attached hydrogens (tertiary/aromatic N) is 1. The van der Waals surface area contributed by atoms with Crippen LogP contribution in [0, 0.1) is 18.3 Å². The molecule has 6 heteroatoms. The van der Waals surface area contributed by atoms with Crippen molar-refractivity contribution >= 4 is 27.9 Å². The third-order valence-electron chi connectivity index (χ3n) is 3.06. The van der Waals surface area contributed by atoms with Crippen LogP contribution in [-0.2, 0) is 6.54 Å². The maximum atomic E-state index is 11.7. The summed E-state index contributed by atoms with van der Waals surface area (Å²) < 4.78 is 0. The minimum absolute atomic E-state index is 0.230. The molecular formula is C15H16N4OS. The molecule has 0 atom stereocenters. The number of nitriles is 1. The van der Waals surface area contributed by atoms with Crippen LogP contribution < -0.4 is 16.4 Å². The molecule has 4 N–H and O–H groups in total. The van der Waals surface area contributed by atoms with Gasteiger partial charge in [-0.2, -0.15) is 5.26 Å². The summed E-state index contributed by atoms with van der Waals surface area (Å²) in [6, 6.07) is 10.1. The number of thiophene rings is 1. The number of carbonyl (C=O) groups excluding carboxylic acids is 1. The number of anilines is 2. The highest BCUT2D eigenvalue weighted by atomic mass is 32.1. The molecule has 0 radical (unpaired) electrons. The molecule has 0 fully saturated rings. The highest BCUT2D eigenvalue weighted by Crippen LogP contribution is 2.35. The molecule has 1 amide bonds. The molecule has 0 aliphatic carbocycles. The van der Waals surface area contributed by atoms with Gasteiger partial charge in [0.1, 0.15) is 21.5 Å². The van der Waals surface area contributed by atoms with Gasteiger partial charge in [-0.25, -0.2) is 0 Å². The first-order valence-electron chi connectivity index (χ1n) is 6.40. The normalized spacial score (nSPS) is 9.95. The van der Waals surface area contributed by atoms with Crippen molar-refractivity contribution in [3.8, 4) is 6.07 Å². The molecule has 0 unspecified atom stereocenters. The smallest absolute Gasteiger partial charge is 0.263 e. The Morgan fingerprint density at radius 1 is 1.38 bits per heavy atom. The van der Waals surface area contributed by atoms with Crippen molar-refractivity contribution in [2.24, 2.45) is 0 Å². The zero-order valence-electron chi connectivity index (χ0n) is 11.9. The Balaban J connectivity index is 2.22. The molecule has 1 aromatic carbocycles. The molecule has 0 saturated heterocycles. The standard InChI is InChI=1S/C15H16N4OS/c1-9-3-5-10(6-4-9)8-19-15-11(7-16)12(17)13(21-15)14(20)18-2/h3-6,19H,8,17H2,1-2H3,(H,18,20). The molecule has 0 saturated carbocycles. The Bertz CT molecular complexity index is 698. The lowest BCUT2D eigenvalue weighted by Crippen LogP contribution is -2.17. The SMILES string of the molecule is CNC(=O)c1sc(NCc2ccc(C)cc2)c(C#N)c1N. The number of amides is 1. The molecule has 0 aliphatic heterocycles. The second-order valence-corrected chi connectivity index (χ2v) is 5.60. The van der Waals surface area contributed by atoms with Crippen molar-refractivity contribution in [1.82, 2.24) is 5.32 Å². The maximum absolute atomic E-state index is 11.7. The van der Waals surface area contributed by atoms with Crippen molar-refractivity contribution < 1.29 is 4.79 Å². The second-order valence-electron chi connectivity index (χ2n) is 4.58. The lowest BCUT2D eigenvalue weighted by Gasteiger charge is -2.05. The van der Waals surface area contributed by atoms with Gasteiger partial charge in [-0.3, -0.25) is 4.79 Å². The Hall–Kier alpha value is -2.52. The summed E-state index contributed by atoms with van der Waals surface area (Å²) in [6.07, 6.45) is 0.